The molecule has 3 aromatic carbocycles. The molecule has 8 heteroatoms. The number of rotatable bonds is 15. The Kier molecular flexibility index (Phi) is 11.8. The second-order valence-corrected chi connectivity index (χ2v) is 13.2. The molecule has 0 spiro atoms. The molecule has 0 aliphatic carbocycles. The molecule has 1 fully saturated rings. The smallest absolute Gasteiger partial charge is 0.328 e. The van der Waals surface area contributed by atoms with Gasteiger partial charge in [0.1, 0.15) is 11.6 Å². The average molecular weight is 638 g/mol. The Balaban J connectivity index is 1.53. The summed E-state index contributed by atoms with van der Waals surface area (Å²) in [5.41, 5.74) is 3.56. The minimum absolute atomic E-state index is 0.0178. The third kappa shape index (κ3) is 8.97. The fraction of sp³-hybridized carbons (Fsp3) is 0.385. The SMILES string of the molecule is CCCCc1ccc(C(CC(=O)O)NC(=O)[C@H](CC(C)C)N2C(=O)N(Cc3ccc(/C=C/c4ccccc4)cc3)C(C)(C)C2=O)cc1. The van der Waals surface area contributed by atoms with Crippen molar-refractivity contribution in [2.45, 2.75) is 90.9 Å². The summed E-state index contributed by atoms with van der Waals surface area (Å²) < 4.78 is 0. The van der Waals surface area contributed by atoms with Crippen LogP contribution in [0.2, 0.25) is 0 Å². The van der Waals surface area contributed by atoms with E-state index in [1.54, 1.807) is 13.8 Å². The number of carbonyl (C=O) groups is 4. The van der Waals surface area contributed by atoms with Crippen molar-refractivity contribution in [3.63, 3.8) is 0 Å². The lowest BCUT2D eigenvalue weighted by molar-refractivity contribution is -0.140. The van der Waals surface area contributed by atoms with Crippen LogP contribution in [-0.4, -0.2) is 50.3 Å². The summed E-state index contributed by atoms with van der Waals surface area (Å²) >= 11 is 0. The molecule has 0 bridgehead atoms. The van der Waals surface area contributed by atoms with Gasteiger partial charge in [-0.2, -0.15) is 0 Å². The van der Waals surface area contributed by atoms with E-state index in [0.717, 1.165) is 46.4 Å². The number of hydrogen-bond donors (Lipinski definition) is 2. The highest BCUT2D eigenvalue weighted by Crippen LogP contribution is 2.33. The molecule has 248 valence electrons. The van der Waals surface area contributed by atoms with E-state index in [2.05, 4.69) is 12.2 Å². The summed E-state index contributed by atoms with van der Waals surface area (Å²) in [5.74, 6) is -2.08. The van der Waals surface area contributed by atoms with Crippen LogP contribution in [0.25, 0.3) is 12.2 Å². The number of nitrogens with zero attached hydrogens (tertiary/aromatic N) is 2. The Morgan fingerprint density at radius 2 is 1.47 bits per heavy atom. The van der Waals surface area contributed by atoms with Crippen LogP contribution in [0, 0.1) is 5.92 Å². The van der Waals surface area contributed by atoms with Crippen LogP contribution in [-0.2, 0) is 27.3 Å². The van der Waals surface area contributed by atoms with Crippen molar-refractivity contribution in [1.29, 1.82) is 0 Å². The van der Waals surface area contributed by atoms with Crippen molar-refractivity contribution in [2.24, 2.45) is 5.92 Å². The molecule has 0 saturated carbocycles. The van der Waals surface area contributed by atoms with Gasteiger partial charge in [0, 0.05) is 6.54 Å². The zero-order valence-electron chi connectivity index (χ0n) is 28.1. The second-order valence-electron chi connectivity index (χ2n) is 13.2. The number of imide groups is 1. The lowest BCUT2D eigenvalue weighted by Crippen LogP contribution is -2.52. The van der Waals surface area contributed by atoms with Crippen LogP contribution < -0.4 is 5.32 Å². The van der Waals surface area contributed by atoms with Crippen LogP contribution in [0.1, 0.15) is 94.2 Å². The topological polar surface area (TPSA) is 107 Å². The van der Waals surface area contributed by atoms with Crippen molar-refractivity contribution < 1.29 is 24.3 Å². The van der Waals surface area contributed by atoms with Gasteiger partial charge in [0.25, 0.3) is 5.91 Å². The molecule has 0 aromatic heterocycles. The van der Waals surface area contributed by atoms with Crippen molar-refractivity contribution in [3.8, 4) is 0 Å². The van der Waals surface area contributed by atoms with Gasteiger partial charge in [0.15, 0.2) is 0 Å². The third-order valence-corrected chi connectivity index (χ3v) is 8.65. The van der Waals surface area contributed by atoms with Gasteiger partial charge in [-0.1, -0.05) is 118 Å². The maximum Gasteiger partial charge on any atom is 0.328 e. The number of carbonyl (C=O) groups excluding carboxylic acids is 3. The predicted octanol–water partition coefficient (Wildman–Crippen LogP) is 7.49. The van der Waals surface area contributed by atoms with E-state index in [1.165, 1.54) is 4.90 Å². The highest BCUT2D eigenvalue weighted by molar-refractivity contribution is 6.09. The highest BCUT2D eigenvalue weighted by atomic mass is 16.4. The summed E-state index contributed by atoms with van der Waals surface area (Å²) in [7, 11) is 0. The van der Waals surface area contributed by atoms with E-state index in [0.29, 0.717) is 5.56 Å². The molecule has 1 heterocycles. The molecule has 4 rings (SSSR count). The standard InChI is InChI=1S/C39H47N3O5/c1-6-7-11-29-20-22-32(23-21-29)33(25-35(43)44)40-36(45)34(24-27(2)3)42-37(46)39(4,5)41(38(42)47)26-31-18-16-30(17-19-31)15-14-28-12-9-8-10-13-28/h8-10,12-23,27,33-34H,6-7,11,24-26H2,1-5H3,(H,40,45)(H,43,44)/b15-14+/t33?,34-/m0/s1. The molecule has 1 aliphatic rings. The fourth-order valence-corrected chi connectivity index (χ4v) is 5.85. The van der Waals surface area contributed by atoms with Gasteiger partial charge >= 0.3 is 12.0 Å². The van der Waals surface area contributed by atoms with Crippen LogP contribution in [0.3, 0.4) is 0 Å². The molecule has 1 saturated heterocycles. The Hall–Kier alpha value is -4.72. The number of benzene rings is 3. The van der Waals surface area contributed by atoms with Gasteiger partial charge < -0.3 is 15.3 Å². The molecular formula is C39H47N3O5. The number of amides is 4. The van der Waals surface area contributed by atoms with Crippen LogP contribution in [0.5, 0.6) is 0 Å². The Morgan fingerprint density at radius 3 is 2.04 bits per heavy atom. The van der Waals surface area contributed by atoms with E-state index >= 15 is 0 Å². The second kappa shape index (κ2) is 15.7. The molecule has 4 amide bonds. The summed E-state index contributed by atoms with van der Waals surface area (Å²) in [5, 5.41) is 12.6. The van der Waals surface area contributed by atoms with Crippen molar-refractivity contribution in [3.05, 3.63) is 107 Å². The van der Waals surface area contributed by atoms with Crippen LogP contribution in [0.4, 0.5) is 4.79 Å². The molecule has 2 atom stereocenters. The first-order valence-electron chi connectivity index (χ1n) is 16.5. The number of urea groups is 1. The van der Waals surface area contributed by atoms with Gasteiger partial charge in [-0.25, -0.2) is 9.69 Å². The summed E-state index contributed by atoms with van der Waals surface area (Å²) in [6, 6.07) is 23.0. The lowest BCUT2D eigenvalue weighted by Gasteiger charge is -2.29. The van der Waals surface area contributed by atoms with E-state index < -0.39 is 41.4 Å². The summed E-state index contributed by atoms with van der Waals surface area (Å²) in [4.78, 5) is 56.2. The molecule has 0 radical (unpaired) electrons. The number of nitrogens with one attached hydrogen (secondary N) is 1. The first-order valence-corrected chi connectivity index (χ1v) is 16.5. The minimum atomic E-state index is -1.19. The van der Waals surface area contributed by atoms with E-state index in [-0.39, 0.29) is 25.3 Å². The van der Waals surface area contributed by atoms with E-state index in [9.17, 15) is 24.3 Å². The zero-order chi connectivity index (χ0) is 34.1. The van der Waals surface area contributed by atoms with Gasteiger partial charge in [0.05, 0.1) is 12.5 Å². The Labute approximate surface area is 278 Å². The number of carboxylic acid groups (broad SMARTS) is 1. The third-order valence-electron chi connectivity index (χ3n) is 8.65. The minimum Gasteiger partial charge on any atom is -0.481 e. The molecule has 3 aromatic rings. The summed E-state index contributed by atoms with van der Waals surface area (Å²) in [6.45, 7) is 9.56. The number of hydrogen-bond acceptors (Lipinski definition) is 4. The van der Waals surface area contributed by atoms with Gasteiger partial charge in [-0.05, 0) is 66.8 Å². The average Bonchev–Trinajstić information content (AvgIpc) is 3.21. The molecule has 2 N–H and O–H groups in total. The number of unbranched alkanes of at least 4 members (excludes halogenated alkanes) is 1. The number of carboxylic acids is 1. The zero-order valence-corrected chi connectivity index (χ0v) is 28.1. The largest absolute Gasteiger partial charge is 0.481 e. The molecule has 47 heavy (non-hydrogen) atoms. The Bertz CT molecular complexity index is 1560. The van der Waals surface area contributed by atoms with Gasteiger partial charge in [0.2, 0.25) is 5.91 Å². The maximum absolute atomic E-state index is 14.0. The predicted molar refractivity (Wildman–Crippen MR) is 185 cm³/mol. The fourth-order valence-electron chi connectivity index (χ4n) is 5.85. The lowest BCUT2D eigenvalue weighted by atomic mass is 9.97. The first kappa shape index (κ1) is 35.1. The first-order chi connectivity index (χ1) is 22.4. The summed E-state index contributed by atoms with van der Waals surface area (Å²) in [6.07, 6.45) is 7.00. The monoisotopic (exact) mass is 637 g/mol. The molecule has 1 aliphatic heterocycles. The van der Waals surface area contributed by atoms with Crippen LogP contribution >= 0.6 is 0 Å². The van der Waals surface area contributed by atoms with Crippen molar-refractivity contribution in [1.82, 2.24) is 15.1 Å². The molecule has 1 unspecified atom stereocenters. The van der Waals surface area contributed by atoms with Gasteiger partial charge in [-0.3, -0.25) is 14.4 Å². The van der Waals surface area contributed by atoms with E-state index in [1.807, 2.05) is 105 Å². The van der Waals surface area contributed by atoms with Crippen molar-refractivity contribution >= 4 is 36.0 Å². The van der Waals surface area contributed by atoms with Crippen LogP contribution in [0.15, 0.2) is 78.9 Å². The normalized spacial score (nSPS) is 15.8. The molecule has 8 nitrogen and oxygen atoms in total. The number of aryl methyl sites for hydroxylation is 1. The quantitative estimate of drug-likeness (QED) is 0.133. The van der Waals surface area contributed by atoms with Gasteiger partial charge in [-0.15, -0.1) is 0 Å². The van der Waals surface area contributed by atoms with Crippen molar-refractivity contribution in [2.75, 3.05) is 0 Å². The maximum atomic E-state index is 14.0. The molecular weight excluding hydrogens is 590 g/mol. The highest BCUT2D eigenvalue weighted by Gasteiger charge is 2.54. The Morgan fingerprint density at radius 1 is 0.872 bits per heavy atom. The number of aliphatic carboxylic acids is 1. The van der Waals surface area contributed by atoms with E-state index in [4.69, 9.17) is 0 Å².